The third kappa shape index (κ3) is 14.4. The molecule has 0 unspecified atom stereocenters. The standard InChI is InChI=1S/C32H12N12O8.C32H20N12.C32H16N8.3Co/c45-41(46)13-1-5-17-21(9-13)29-33-25(17)37-30-22-10-14(42(47)48)2-6-18(22)27(34-30)39-32-24-12-16(44(51)52)4-8-20(24)28(36-32)40-31-23-11-15(43(49)50)3-7-19(23)26(35-31)38-29;33-13-1-5-17-21(9-13)29-37-25(17)41-30-22-10-14(34)2-6-18(22)27(38-30)43-32-24-12-16(36)4-8-20(24)28(40-32)44-31-23-11-15(35)3-7-19(23)26(39-31)42-29;1-2-10-18-17(9-1)25-33-26(18)38-28-21-13-5-6-14-22(21)30(35-28)40-32-24-16-8-7-15-23(24)31(36-32)39-29-20-12-4-3-11-19(20)27(34-29)37-25;;;/h1-12H;1-12H,33-36H2;1-16H;;;/q3*-2;3*+2. The molecule has 667 valence electrons. The first-order valence-electron chi connectivity index (χ1n) is 41.5. The molecule has 0 aliphatic carbocycles. The van der Waals surface area contributed by atoms with Gasteiger partial charge in [0, 0.05) is 217 Å². The molecular formula is C96H48Co3N32O8. The van der Waals surface area contributed by atoms with Gasteiger partial charge in [-0.1, -0.05) is 109 Å². The van der Waals surface area contributed by atoms with Crippen LogP contribution < -0.4 is 52.8 Å². The van der Waals surface area contributed by atoms with Crippen molar-refractivity contribution in [2.75, 3.05) is 22.9 Å². The van der Waals surface area contributed by atoms with Crippen LogP contribution in [0.5, 0.6) is 0 Å². The normalized spacial score (nSPS) is 11.6. The maximum atomic E-state index is 11.8. The SMILES string of the molecule is Nc1ccc2c(c1)-c1nc-2nc2[n-]c(nc3nc(nc4[n-]c(n1)c1ccc(N)cc41)-c1ccc(N)cc1-3)c1ccc(N)cc21.O=[N+]([O-])c1ccc2c(c1)-c1nc-2nc2[n-]c(nc3nc(nc4[n-]c(n1)c1ccc([N+](=O)[O-])cc41)-c1ccc([N+](=O)[O-])cc1-3)c1ccc([N+](=O)[O-])cc21.[Co+2].[Co+2].[Co+2].c1ccc2c(c1)-c1nc-2nc2[n-]c(nc3nc(nc4[n-]c(n1)c1ccccc41)-c1ccccc1-3)c1ccccc21. The summed E-state index contributed by atoms with van der Waals surface area (Å²) in [5, 5.41) is 54.6. The van der Waals surface area contributed by atoms with Gasteiger partial charge in [0.2, 0.25) is 0 Å². The summed E-state index contributed by atoms with van der Waals surface area (Å²) in [4.78, 5) is 160. The Kier molecular flexibility index (Phi) is 20.1. The van der Waals surface area contributed by atoms with E-state index in [1.54, 1.807) is 24.3 Å². The molecule has 21 aromatic rings. The minimum absolute atomic E-state index is 0. The summed E-state index contributed by atoms with van der Waals surface area (Å²) in [7, 11) is 0. The predicted molar refractivity (Wildman–Crippen MR) is 506 cm³/mol. The van der Waals surface area contributed by atoms with Gasteiger partial charge in [0.1, 0.15) is 0 Å². The Hall–Kier alpha value is -19.0. The molecule has 0 saturated carbocycles. The fourth-order valence-electron chi connectivity index (χ4n) is 17.3. The topological polar surface area (TPSA) is 593 Å². The van der Waals surface area contributed by atoms with Crippen molar-refractivity contribution in [3.63, 3.8) is 0 Å². The fourth-order valence-corrected chi connectivity index (χ4v) is 17.3. The van der Waals surface area contributed by atoms with Crippen molar-refractivity contribution in [1.29, 1.82) is 0 Å². The predicted octanol–water partition coefficient (Wildman–Crippen LogP) is 16.3. The minimum atomic E-state index is -0.589. The quantitative estimate of drug-likeness (QED) is 0.0722. The van der Waals surface area contributed by atoms with E-state index >= 15 is 0 Å². The molecule has 27 rings (SSSR count). The van der Waals surface area contributed by atoms with Crippen LogP contribution in [0.2, 0.25) is 0 Å². The Morgan fingerprint density at radius 1 is 0.173 bits per heavy atom. The van der Waals surface area contributed by atoms with Crippen molar-refractivity contribution in [3.8, 4) is 137 Å². The van der Waals surface area contributed by atoms with Gasteiger partial charge in [-0.15, -0.1) is 0 Å². The molecule has 8 N–H and O–H groups in total. The van der Waals surface area contributed by atoms with E-state index in [0.717, 1.165) is 87.6 Å². The van der Waals surface area contributed by atoms with E-state index < -0.39 is 19.7 Å². The van der Waals surface area contributed by atoms with E-state index in [1.165, 1.54) is 72.8 Å². The number of hydrogen-bond donors (Lipinski definition) is 4. The number of aromatic nitrogens is 24. The number of nitro groups is 4. The third-order valence-corrected chi connectivity index (χ3v) is 23.6. The Labute approximate surface area is 804 Å². The summed E-state index contributed by atoms with van der Waals surface area (Å²) < 4.78 is 0. The number of non-ortho nitro benzene ring substituents is 4. The first-order valence-corrected chi connectivity index (χ1v) is 41.5. The van der Waals surface area contributed by atoms with Gasteiger partial charge in [0.25, 0.3) is 22.7 Å². The molecule has 139 heavy (non-hydrogen) atoms. The molecule has 43 heteroatoms. The van der Waals surface area contributed by atoms with Crippen LogP contribution in [0, 0.1) is 40.5 Å². The number of nitro benzene ring substituents is 4. The second kappa shape index (κ2) is 32.8. The second-order valence-corrected chi connectivity index (χ2v) is 31.8. The van der Waals surface area contributed by atoms with Gasteiger partial charge < -0.3 is 113 Å². The fraction of sp³-hybridized carbons (Fsp3) is 0. The van der Waals surface area contributed by atoms with Gasteiger partial charge in [-0.2, -0.15) is 0 Å². The molecule has 0 amide bonds. The van der Waals surface area contributed by atoms with Crippen molar-refractivity contribution >= 4 is 178 Å². The third-order valence-electron chi connectivity index (χ3n) is 23.6. The molecule has 0 spiro atoms. The number of fused-ring (bicyclic) bond motifs is 60. The second-order valence-electron chi connectivity index (χ2n) is 31.8. The Balaban J connectivity index is 0.000000120. The number of hydrogen-bond acceptors (Lipinski definition) is 30. The molecule has 0 atom stereocenters. The van der Waals surface area contributed by atoms with E-state index in [0.29, 0.717) is 136 Å². The molecular weight excluding hydrogens is 1910 g/mol. The molecule has 6 aliphatic heterocycles. The summed E-state index contributed by atoms with van der Waals surface area (Å²) in [5.41, 5.74) is 37.5. The average molecular weight is 1950 g/mol. The van der Waals surface area contributed by atoms with Crippen LogP contribution in [-0.2, 0) is 50.3 Å². The van der Waals surface area contributed by atoms with Crippen molar-refractivity contribution in [1.82, 2.24) is 120 Å². The molecule has 40 nitrogen and oxygen atoms in total. The van der Waals surface area contributed by atoms with Gasteiger partial charge in [-0.3, -0.25) is 40.5 Å². The number of nitrogens with zero attached hydrogens (tertiary/aromatic N) is 28. The van der Waals surface area contributed by atoms with Gasteiger partial charge in [0.05, 0.1) is 89.6 Å². The van der Waals surface area contributed by atoms with E-state index in [1.807, 2.05) is 146 Å². The summed E-state index contributed by atoms with van der Waals surface area (Å²) in [5.74, 6) is 3.84. The Morgan fingerprint density at radius 2 is 0.338 bits per heavy atom. The molecule has 3 radical (unpaired) electrons. The Morgan fingerprint density at radius 3 is 0.590 bits per heavy atom. The van der Waals surface area contributed by atoms with E-state index in [4.69, 9.17) is 103 Å². The summed E-state index contributed by atoms with van der Waals surface area (Å²) >= 11 is 0. The van der Waals surface area contributed by atoms with Gasteiger partial charge in [-0.05, 0) is 139 Å². The van der Waals surface area contributed by atoms with Crippen LogP contribution in [-0.4, -0.2) is 109 Å². The molecule has 9 aromatic heterocycles. The molecule has 0 saturated heterocycles. The molecule has 24 bridgehead atoms. The number of nitrogen functional groups attached to an aromatic ring is 4. The van der Waals surface area contributed by atoms with Gasteiger partial charge in [0.15, 0.2) is 0 Å². The number of anilines is 4. The van der Waals surface area contributed by atoms with Crippen LogP contribution in [0.1, 0.15) is 0 Å². The van der Waals surface area contributed by atoms with E-state index in [9.17, 15) is 40.5 Å². The van der Waals surface area contributed by atoms with Gasteiger partial charge in [-0.25, -0.2) is 29.9 Å². The van der Waals surface area contributed by atoms with Crippen LogP contribution in [0.15, 0.2) is 243 Å². The largest absolute Gasteiger partial charge is 2.00 e. The van der Waals surface area contributed by atoms with Crippen LogP contribution in [0.3, 0.4) is 0 Å². The maximum Gasteiger partial charge on any atom is 2.00 e. The van der Waals surface area contributed by atoms with Crippen molar-refractivity contribution in [2.24, 2.45) is 0 Å². The van der Waals surface area contributed by atoms with Gasteiger partial charge >= 0.3 is 50.3 Å². The smallest absolute Gasteiger partial charge is 0.399 e. The number of nitrogens with two attached hydrogens (primary N) is 4. The van der Waals surface area contributed by atoms with Crippen molar-refractivity contribution < 1.29 is 70.0 Å². The maximum absolute atomic E-state index is 11.8. The van der Waals surface area contributed by atoms with Crippen molar-refractivity contribution in [2.45, 2.75) is 0 Å². The molecule has 0 fully saturated rings. The van der Waals surface area contributed by atoms with E-state index in [2.05, 4.69) is 39.9 Å². The monoisotopic (exact) mass is 1950 g/mol. The number of rotatable bonds is 4. The zero-order chi connectivity index (χ0) is 91.9. The first-order chi connectivity index (χ1) is 66.2. The van der Waals surface area contributed by atoms with Crippen LogP contribution in [0.25, 0.3) is 269 Å². The molecule has 12 aromatic carbocycles. The molecule has 6 aliphatic rings. The van der Waals surface area contributed by atoms with Crippen LogP contribution in [0.4, 0.5) is 45.5 Å². The Bertz CT molecular complexity index is 8980. The average Bonchev–Trinajstić information content (AvgIpc) is 1.59. The zero-order valence-electron chi connectivity index (χ0n) is 70.2. The molecule has 15 heterocycles. The summed E-state index contributed by atoms with van der Waals surface area (Å²) in [6.07, 6.45) is 0. The number of benzene rings is 12. The van der Waals surface area contributed by atoms with Crippen molar-refractivity contribution in [3.05, 3.63) is 283 Å². The summed E-state index contributed by atoms with van der Waals surface area (Å²) in [6, 6.07) is 69.6. The first kappa shape index (κ1) is 85.5. The summed E-state index contributed by atoms with van der Waals surface area (Å²) in [6.45, 7) is 0. The van der Waals surface area contributed by atoms with E-state index in [-0.39, 0.29) is 141 Å². The van der Waals surface area contributed by atoms with Crippen LogP contribution >= 0.6 is 0 Å². The minimum Gasteiger partial charge on any atom is -0.399 e. The zero-order valence-corrected chi connectivity index (χ0v) is 73.3.